The molecule has 0 aliphatic heterocycles. The topological polar surface area (TPSA) is 60.9 Å². The van der Waals surface area contributed by atoms with E-state index in [1.165, 1.54) is 4.57 Å². The predicted molar refractivity (Wildman–Crippen MR) is 94.0 cm³/mol. The molecule has 0 spiro atoms. The monoisotopic (exact) mass is 301 g/mol. The fourth-order valence-corrected chi connectivity index (χ4v) is 2.95. The number of aromatic nitrogens is 2. The Balaban J connectivity index is 2.15. The molecule has 0 unspecified atom stereocenters. The van der Waals surface area contributed by atoms with Gasteiger partial charge in [0.05, 0.1) is 16.6 Å². The quantitative estimate of drug-likeness (QED) is 0.586. The van der Waals surface area contributed by atoms with Crippen molar-refractivity contribution in [2.24, 2.45) is 0 Å². The molecule has 1 heterocycles. The molecule has 112 valence electrons. The van der Waals surface area contributed by atoms with Gasteiger partial charge in [-0.3, -0.25) is 4.79 Å². The Morgan fingerprint density at radius 3 is 2.61 bits per heavy atom. The largest absolute Gasteiger partial charge is 0.369 e. The van der Waals surface area contributed by atoms with Gasteiger partial charge in [-0.15, -0.1) is 0 Å². The van der Waals surface area contributed by atoms with Crippen LogP contribution in [0.25, 0.3) is 27.4 Å². The minimum absolute atomic E-state index is 0.146. The maximum atomic E-state index is 13.0. The van der Waals surface area contributed by atoms with E-state index in [0.29, 0.717) is 10.9 Å². The van der Waals surface area contributed by atoms with Crippen molar-refractivity contribution < 1.29 is 0 Å². The second-order valence-corrected chi connectivity index (χ2v) is 5.63. The lowest BCUT2D eigenvalue weighted by Crippen LogP contribution is -2.23. The molecule has 0 fully saturated rings. The average Bonchev–Trinajstić information content (AvgIpc) is 2.56. The van der Waals surface area contributed by atoms with Crippen LogP contribution in [0.4, 0.5) is 5.95 Å². The summed E-state index contributed by atoms with van der Waals surface area (Å²) in [5, 5.41) is 2.60. The molecular formula is C19H15N3O. The Bertz CT molecular complexity index is 1110. The van der Waals surface area contributed by atoms with E-state index >= 15 is 0 Å². The summed E-state index contributed by atoms with van der Waals surface area (Å²) < 4.78 is 1.49. The first-order valence-corrected chi connectivity index (χ1v) is 7.42. The van der Waals surface area contributed by atoms with Gasteiger partial charge < -0.3 is 5.73 Å². The van der Waals surface area contributed by atoms with Crippen LogP contribution in [0, 0.1) is 6.92 Å². The highest BCUT2D eigenvalue weighted by atomic mass is 16.1. The summed E-state index contributed by atoms with van der Waals surface area (Å²) in [5.41, 5.74) is 8.35. The van der Waals surface area contributed by atoms with Crippen LogP contribution in [0.2, 0.25) is 0 Å². The summed E-state index contributed by atoms with van der Waals surface area (Å²) >= 11 is 0. The molecule has 4 heteroatoms. The first-order chi connectivity index (χ1) is 11.1. The standard InChI is InChI=1S/C19H15N3O/c1-12-9-10-16-15(11-12)18(23)22(19(20)21-16)17-8-4-6-13-5-2-3-7-14(13)17/h2-11H,1H3,(H2,20,21). The average molecular weight is 301 g/mol. The van der Waals surface area contributed by atoms with Crippen molar-refractivity contribution in [1.29, 1.82) is 0 Å². The maximum absolute atomic E-state index is 13.0. The molecule has 4 nitrogen and oxygen atoms in total. The minimum Gasteiger partial charge on any atom is -0.369 e. The van der Waals surface area contributed by atoms with Gasteiger partial charge in [-0.1, -0.05) is 48.0 Å². The number of benzene rings is 3. The van der Waals surface area contributed by atoms with Crippen LogP contribution in [0.5, 0.6) is 0 Å². The van der Waals surface area contributed by atoms with E-state index in [9.17, 15) is 4.79 Å². The minimum atomic E-state index is -0.146. The van der Waals surface area contributed by atoms with Crippen molar-refractivity contribution in [3.05, 3.63) is 76.6 Å². The van der Waals surface area contributed by atoms with E-state index in [2.05, 4.69) is 4.98 Å². The lowest BCUT2D eigenvalue weighted by Gasteiger charge is -2.13. The number of nitrogens with two attached hydrogens (primary N) is 1. The third-order valence-corrected chi connectivity index (χ3v) is 4.06. The predicted octanol–water partition coefficient (Wildman–Crippen LogP) is 3.43. The molecule has 23 heavy (non-hydrogen) atoms. The maximum Gasteiger partial charge on any atom is 0.267 e. The highest BCUT2D eigenvalue weighted by molar-refractivity contribution is 5.91. The highest BCUT2D eigenvalue weighted by Crippen LogP contribution is 2.23. The lowest BCUT2D eigenvalue weighted by atomic mass is 10.1. The summed E-state index contributed by atoms with van der Waals surface area (Å²) in [4.78, 5) is 17.4. The van der Waals surface area contributed by atoms with Gasteiger partial charge in [0.25, 0.3) is 5.56 Å². The van der Waals surface area contributed by atoms with Crippen LogP contribution in [0.1, 0.15) is 5.56 Å². The molecule has 0 saturated heterocycles. The molecular weight excluding hydrogens is 286 g/mol. The Morgan fingerprint density at radius 2 is 1.74 bits per heavy atom. The van der Waals surface area contributed by atoms with Crippen molar-refractivity contribution in [3.8, 4) is 5.69 Å². The molecule has 2 N–H and O–H groups in total. The molecule has 3 aromatic carbocycles. The molecule has 0 radical (unpaired) electrons. The number of nitrogens with zero attached hydrogens (tertiary/aromatic N) is 2. The first kappa shape index (κ1) is 13.5. The summed E-state index contributed by atoms with van der Waals surface area (Å²) in [6.45, 7) is 1.96. The molecule has 0 amide bonds. The zero-order valence-electron chi connectivity index (χ0n) is 12.7. The van der Waals surface area contributed by atoms with Crippen LogP contribution in [0.3, 0.4) is 0 Å². The van der Waals surface area contributed by atoms with E-state index in [4.69, 9.17) is 5.73 Å². The third-order valence-electron chi connectivity index (χ3n) is 4.06. The number of nitrogen functional groups attached to an aromatic ring is 1. The van der Waals surface area contributed by atoms with Crippen LogP contribution in [0.15, 0.2) is 65.5 Å². The summed E-state index contributed by atoms with van der Waals surface area (Å²) in [7, 11) is 0. The van der Waals surface area contributed by atoms with E-state index < -0.39 is 0 Å². The number of rotatable bonds is 1. The van der Waals surface area contributed by atoms with Gasteiger partial charge in [0.2, 0.25) is 5.95 Å². The summed E-state index contributed by atoms with van der Waals surface area (Å²) in [5.74, 6) is 0.197. The van der Waals surface area contributed by atoms with Gasteiger partial charge in [-0.05, 0) is 30.5 Å². The fraction of sp³-hybridized carbons (Fsp3) is 0.0526. The summed E-state index contributed by atoms with van der Waals surface area (Å²) in [6, 6.07) is 19.4. The molecule has 0 aliphatic rings. The highest BCUT2D eigenvalue weighted by Gasteiger charge is 2.12. The Kier molecular flexibility index (Phi) is 2.91. The SMILES string of the molecule is Cc1ccc2nc(N)n(-c3cccc4ccccc34)c(=O)c2c1. The van der Waals surface area contributed by atoms with E-state index in [-0.39, 0.29) is 11.5 Å². The van der Waals surface area contributed by atoms with Gasteiger partial charge in [-0.25, -0.2) is 9.55 Å². The van der Waals surface area contributed by atoms with Crippen LogP contribution in [-0.4, -0.2) is 9.55 Å². The third kappa shape index (κ3) is 2.07. The molecule has 0 aliphatic carbocycles. The van der Waals surface area contributed by atoms with E-state index in [1.807, 2.05) is 67.6 Å². The first-order valence-electron chi connectivity index (χ1n) is 7.42. The van der Waals surface area contributed by atoms with Gasteiger partial charge in [0, 0.05) is 5.39 Å². The normalized spacial score (nSPS) is 11.2. The molecule has 0 bridgehead atoms. The molecule has 1 aromatic heterocycles. The van der Waals surface area contributed by atoms with Crippen molar-refractivity contribution in [1.82, 2.24) is 9.55 Å². The van der Waals surface area contributed by atoms with Gasteiger partial charge >= 0.3 is 0 Å². The van der Waals surface area contributed by atoms with Crippen LogP contribution < -0.4 is 11.3 Å². The smallest absolute Gasteiger partial charge is 0.267 e. The van der Waals surface area contributed by atoms with Crippen LogP contribution >= 0.6 is 0 Å². The van der Waals surface area contributed by atoms with Crippen molar-refractivity contribution in [3.63, 3.8) is 0 Å². The van der Waals surface area contributed by atoms with E-state index in [0.717, 1.165) is 22.0 Å². The number of hydrogen-bond acceptors (Lipinski definition) is 3. The van der Waals surface area contributed by atoms with Crippen molar-refractivity contribution in [2.75, 3.05) is 5.73 Å². The number of anilines is 1. The van der Waals surface area contributed by atoms with Crippen molar-refractivity contribution >= 4 is 27.6 Å². The van der Waals surface area contributed by atoms with Gasteiger partial charge in [0.1, 0.15) is 0 Å². The van der Waals surface area contributed by atoms with Gasteiger partial charge in [-0.2, -0.15) is 0 Å². The zero-order chi connectivity index (χ0) is 16.0. The van der Waals surface area contributed by atoms with Crippen molar-refractivity contribution in [2.45, 2.75) is 6.92 Å². The number of aryl methyl sites for hydroxylation is 1. The Labute approximate surface area is 132 Å². The zero-order valence-corrected chi connectivity index (χ0v) is 12.7. The van der Waals surface area contributed by atoms with E-state index in [1.54, 1.807) is 0 Å². The van der Waals surface area contributed by atoms with Gasteiger partial charge in [0.15, 0.2) is 0 Å². The second-order valence-electron chi connectivity index (χ2n) is 5.63. The number of hydrogen-bond donors (Lipinski definition) is 1. The molecule has 0 saturated carbocycles. The van der Waals surface area contributed by atoms with Crippen LogP contribution in [-0.2, 0) is 0 Å². The number of fused-ring (bicyclic) bond motifs is 2. The Hall–Kier alpha value is -3.14. The molecule has 4 rings (SSSR count). The fourth-order valence-electron chi connectivity index (χ4n) is 2.95. The second kappa shape index (κ2) is 4.95. The molecule has 4 aromatic rings. The summed E-state index contributed by atoms with van der Waals surface area (Å²) in [6.07, 6.45) is 0. The Morgan fingerprint density at radius 1 is 0.957 bits per heavy atom. The molecule has 0 atom stereocenters. The lowest BCUT2D eigenvalue weighted by molar-refractivity contribution is 0.990.